The van der Waals surface area contributed by atoms with Gasteiger partial charge in [0.1, 0.15) is 23.8 Å². The number of nitrogens with one attached hydrogen (secondary N) is 1. The molecule has 10 heteroatoms. The predicted octanol–water partition coefficient (Wildman–Crippen LogP) is 2.64. The summed E-state index contributed by atoms with van der Waals surface area (Å²) in [7, 11) is -1.20. The number of hydrazone groups is 1. The number of furan rings is 1. The molecule has 3 aromatic rings. The van der Waals surface area contributed by atoms with E-state index >= 15 is 0 Å². The molecule has 0 radical (unpaired) electrons. The first-order chi connectivity index (χ1) is 15.0. The van der Waals surface area contributed by atoms with E-state index in [1.807, 2.05) is 0 Å². The number of nitrogens with zero attached hydrogens (tertiary/aromatic N) is 2. The molecule has 0 aliphatic heterocycles. The molecule has 0 saturated heterocycles. The summed E-state index contributed by atoms with van der Waals surface area (Å²) < 4.78 is 43.2. The lowest BCUT2D eigenvalue weighted by Gasteiger charge is -2.25. The third-order valence-electron chi connectivity index (χ3n) is 4.21. The zero-order chi connectivity index (χ0) is 22.3. The van der Waals surface area contributed by atoms with Crippen molar-refractivity contribution in [3.8, 4) is 11.5 Å². The summed E-state index contributed by atoms with van der Waals surface area (Å²) >= 11 is 0. The minimum atomic E-state index is -4.11. The molecule has 0 aliphatic carbocycles. The highest BCUT2D eigenvalue weighted by Crippen LogP contribution is 2.32. The summed E-state index contributed by atoms with van der Waals surface area (Å²) in [6.45, 7) is -0.524. The molecule has 0 aliphatic rings. The van der Waals surface area contributed by atoms with Crippen molar-refractivity contribution in [1.82, 2.24) is 5.43 Å². The van der Waals surface area contributed by atoms with E-state index in [-0.39, 0.29) is 10.6 Å². The van der Waals surface area contributed by atoms with Gasteiger partial charge in [-0.25, -0.2) is 13.8 Å². The van der Waals surface area contributed by atoms with Gasteiger partial charge in [0.25, 0.3) is 15.9 Å². The van der Waals surface area contributed by atoms with E-state index in [1.165, 1.54) is 51.0 Å². The molecular formula is C21H21N3O6S. The number of carbonyl (C=O) groups excluding carboxylic acids is 1. The SMILES string of the molecule is COc1ccc(S(=O)(=O)N(CC(=O)N/N=C\c2ccco2)c2ccccc2OC)cc1. The molecule has 3 rings (SSSR count). The quantitative estimate of drug-likeness (QED) is 0.402. The highest BCUT2D eigenvalue weighted by atomic mass is 32.2. The molecule has 1 amide bonds. The van der Waals surface area contributed by atoms with Crippen LogP contribution in [0.15, 0.2) is 81.3 Å². The first-order valence-corrected chi connectivity index (χ1v) is 10.5. The van der Waals surface area contributed by atoms with E-state index in [2.05, 4.69) is 10.5 Å². The number of anilines is 1. The lowest BCUT2D eigenvalue weighted by molar-refractivity contribution is -0.119. The smallest absolute Gasteiger partial charge is 0.264 e. The predicted molar refractivity (Wildman–Crippen MR) is 115 cm³/mol. The maximum Gasteiger partial charge on any atom is 0.264 e. The van der Waals surface area contributed by atoms with E-state index in [0.717, 1.165) is 4.31 Å². The van der Waals surface area contributed by atoms with Crippen LogP contribution in [-0.2, 0) is 14.8 Å². The van der Waals surface area contributed by atoms with Crippen molar-refractivity contribution in [3.05, 3.63) is 72.7 Å². The second-order valence-electron chi connectivity index (χ2n) is 6.17. The molecule has 0 spiro atoms. The van der Waals surface area contributed by atoms with Crippen molar-refractivity contribution in [3.63, 3.8) is 0 Å². The normalized spacial score (nSPS) is 11.3. The van der Waals surface area contributed by atoms with Crippen LogP contribution in [-0.4, -0.2) is 41.3 Å². The van der Waals surface area contributed by atoms with Crippen molar-refractivity contribution in [2.24, 2.45) is 5.10 Å². The Kier molecular flexibility index (Phi) is 6.93. The zero-order valence-corrected chi connectivity index (χ0v) is 17.7. The summed E-state index contributed by atoms with van der Waals surface area (Å²) in [4.78, 5) is 12.5. The molecule has 162 valence electrons. The van der Waals surface area contributed by atoms with Gasteiger partial charge in [0.2, 0.25) is 0 Å². The van der Waals surface area contributed by atoms with Gasteiger partial charge < -0.3 is 13.9 Å². The maximum atomic E-state index is 13.4. The Morgan fingerprint density at radius 3 is 2.45 bits per heavy atom. The summed E-state index contributed by atoms with van der Waals surface area (Å²) in [5, 5.41) is 3.79. The fourth-order valence-electron chi connectivity index (χ4n) is 2.71. The first-order valence-electron chi connectivity index (χ1n) is 9.11. The third-order valence-corrected chi connectivity index (χ3v) is 5.99. The molecule has 0 bridgehead atoms. The average Bonchev–Trinajstić information content (AvgIpc) is 3.31. The van der Waals surface area contributed by atoms with Crippen LogP contribution < -0.4 is 19.2 Å². The second-order valence-corrected chi connectivity index (χ2v) is 8.03. The van der Waals surface area contributed by atoms with Gasteiger partial charge in [-0.05, 0) is 48.5 Å². The molecule has 0 fully saturated rings. The molecule has 31 heavy (non-hydrogen) atoms. The Hall–Kier alpha value is -3.79. The minimum absolute atomic E-state index is 0.00825. The van der Waals surface area contributed by atoms with Gasteiger partial charge in [0.15, 0.2) is 0 Å². The number of para-hydroxylation sites is 2. The first kappa shape index (κ1) is 21.9. The van der Waals surface area contributed by atoms with E-state index in [0.29, 0.717) is 17.3 Å². The van der Waals surface area contributed by atoms with Crippen LogP contribution in [0.4, 0.5) is 5.69 Å². The zero-order valence-electron chi connectivity index (χ0n) is 16.9. The fourth-order valence-corrected chi connectivity index (χ4v) is 4.14. The number of hydrogen-bond donors (Lipinski definition) is 1. The number of ether oxygens (including phenoxy) is 2. The molecule has 1 heterocycles. The van der Waals surface area contributed by atoms with Crippen molar-refractivity contribution in [1.29, 1.82) is 0 Å². The van der Waals surface area contributed by atoms with Crippen LogP contribution in [0.1, 0.15) is 5.76 Å². The minimum Gasteiger partial charge on any atom is -0.497 e. The van der Waals surface area contributed by atoms with Crippen molar-refractivity contribution in [2.45, 2.75) is 4.90 Å². The molecule has 1 N–H and O–H groups in total. The Labute approximate surface area is 179 Å². The Morgan fingerprint density at radius 2 is 1.81 bits per heavy atom. The van der Waals surface area contributed by atoms with Crippen molar-refractivity contribution >= 4 is 27.8 Å². The summed E-state index contributed by atoms with van der Waals surface area (Å²) in [6.07, 6.45) is 2.78. The Bertz CT molecular complexity index is 1140. The van der Waals surface area contributed by atoms with Gasteiger partial charge in [-0.1, -0.05) is 12.1 Å². The number of amides is 1. The summed E-state index contributed by atoms with van der Waals surface area (Å²) in [6, 6.07) is 15.7. The summed E-state index contributed by atoms with van der Waals surface area (Å²) in [5.41, 5.74) is 2.52. The van der Waals surface area contributed by atoms with Crippen LogP contribution in [0.25, 0.3) is 0 Å². The van der Waals surface area contributed by atoms with Crippen molar-refractivity contribution < 1.29 is 27.1 Å². The van der Waals surface area contributed by atoms with Crippen LogP contribution >= 0.6 is 0 Å². The number of rotatable bonds is 9. The lowest BCUT2D eigenvalue weighted by atomic mass is 10.3. The molecule has 9 nitrogen and oxygen atoms in total. The number of benzene rings is 2. The Morgan fingerprint density at radius 1 is 1.06 bits per heavy atom. The maximum absolute atomic E-state index is 13.4. The number of carbonyl (C=O) groups is 1. The second kappa shape index (κ2) is 9.81. The highest BCUT2D eigenvalue weighted by molar-refractivity contribution is 7.92. The molecule has 1 aromatic heterocycles. The molecule has 0 atom stereocenters. The van der Waals surface area contributed by atoms with E-state index in [9.17, 15) is 13.2 Å². The van der Waals surface area contributed by atoms with E-state index < -0.39 is 22.5 Å². The van der Waals surface area contributed by atoms with Crippen molar-refractivity contribution in [2.75, 3.05) is 25.1 Å². The topological polar surface area (TPSA) is 110 Å². The van der Waals surface area contributed by atoms with Gasteiger partial charge in [-0.2, -0.15) is 5.10 Å². The van der Waals surface area contributed by atoms with Crippen LogP contribution in [0, 0.1) is 0 Å². The van der Waals surface area contributed by atoms with Gasteiger partial charge in [0, 0.05) is 0 Å². The monoisotopic (exact) mass is 443 g/mol. The van der Waals surface area contributed by atoms with Crippen LogP contribution in [0.5, 0.6) is 11.5 Å². The van der Waals surface area contributed by atoms with Gasteiger partial charge in [-0.3, -0.25) is 9.10 Å². The highest BCUT2D eigenvalue weighted by Gasteiger charge is 2.29. The van der Waals surface area contributed by atoms with Gasteiger partial charge >= 0.3 is 0 Å². The van der Waals surface area contributed by atoms with Crippen LogP contribution in [0.3, 0.4) is 0 Å². The third kappa shape index (κ3) is 5.23. The number of methoxy groups -OCH3 is 2. The molecule has 2 aromatic carbocycles. The van der Waals surface area contributed by atoms with E-state index in [4.69, 9.17) is 13.9 Å². The van der Waals surface area contributed by atoms with E-state index in [1.54, 1.807) is 36.4 Å². The largest absolute Gasteiger partial charge is 0.497 e. The molecule has 0 unspecified atom stereocenters. The fraction of sp³-hybridized carbons (Fsp3) is 0.143. The lowest BCUT2D eigenvalue weighted by Crippen LogP contribution is -2.39. The average molecular weight is 443 g/mol. The Balaban J connectivity index is 1.91. The standard InChI is InChI=1S/C21H21N3O6S/c1-28-16-9-11-18(12-10-16)31(26,27)24(19-7-3-4-8-20(19)29-2)15-21(25)23-22-14-17-6-5-13-30-17/h3-14H,15H2,1-2H3,(H,23,25)/b22-14-. The van der Waals surface area contributed by atoms with Gasteiger partial charge in [-0.15, -0.1) is 0 Å². The summed E-state index contributed by atoms with van der Waals surface area (Å²) in [5.74, 6) is 0.595. The number of sulfonamides is 1. The van der Waals surface area contributed by atoms with Crippen LogP contribution in [0.2, 0.25) is 0 Å². The number of hydrogen-bond acceptors (Lipinski definition) is 7. The molecule has 0 saturated carbocycles. The molecular weight excluding hydrogens is 422 g/mol. The van der Waals surface area contributed by atoms with Gasteiger partial charge in [0.05, 0.1) is 37.3 Å².